The van der Waals surface area contributed by atoms with Gasteiger partial charge in [0.2, 0.25) is 11.4 Å². The van der Waals surface area contributed by atoms with Crippen molar-refractivity contribution in [2.45, 2.75) is 39.8 Å². The second-order valence-corrected chi connectivity index (χ2v) is 3.94. The SMILES string of the molecule is C=CC(=O)C(N)(CC)[N+](CC)(CC)CC.[Cl-]. The van der Waals surface area contributed by atoms with Crippen molar-refractivity contribution in [2.24, 2.45) is 5.73 Å². The number of likely N-dealkylation sites (N-methyl/N-ethyl adjacent to an activating group) is 1. The van der Waals surface area contributed by atoms with Crippen molar-refractivity contribution < 1.29 is 21.7 Å². The molecule has 0 spiro atoms. The van der Waals surface area contributed by atoms with Crippen molar-refractivity contribution in [3.63, 3.8) is 0 Å². The van der Waals surface area contributed by atoms with Crippen LogP contribution < -0.4 is 18.1 Å². The summed E-state index contributed by atoms with van der Waals surface area (Å²) in [5.74, 6) is -0.0458. The van der Waals surface area contributed by atoms with Gasteiger partial charge in [-0.2, -0.15) is 0 Å². The van der Waals surface area contributed by atoms with Crippen LogP contribution in [0.1, 0.15) is 34.1 Å². The zero-order chi connectivity index (χ0) is 12.1. The van der Waals surface area contributed by atoms with E-state index in [1.807, 2.05) is 6.92 Å². The van der Waals surface area contributed by atoms with Crippen LogP contribution in [0.5, 0.6) is 0 Å². The Bertz CT molecular complexity index is 231. The smallest absolute Gasteiger partial charge is 0.230 e. The molecule has 3 nitrogen and oxygen atoms in total. The average molecular weight is 249 g/mol. The fourth-order valence-electron chi connectivity index (χ4n) is 2.44. The Hall–Kier alpha value is -0.380. The van der Waals surface area contributed by atoms with Gasteiger partial charge in [-0.1, -0.05) is 13.5 Å². The predicted molar refractivity (Wildman–Crippen MR) is 64.3 cm³/mol. The minimum atomic E-state index is -0.806. The summed E-state index contributed by atoms with van der Waals surface area (Å²) >= 11 is 0. The molecule has 1 atom stereocenters. The molecule has 0 aliphatic carbocycles. The third-order valence-corrected chi connectivity index (χ3v) is 3.81. The fraction of sp³-hybridized carbons (Fsp3) is 0.750. The number of quaternary nitrogens is 1. The quantitative estimate of drug-likeness (QED) is 0.345. The predicted octanol–water partition coefficient (Wildman–Crippen LogP) is -1.31. The van der Waals surface area contributed by atoms with Crippen molar-refractivity contribution >= 4 is 5.78 Å². The molecule has 4 heteroatoms. The van der Waals surface area contributed by atoms with E-state index in [2.05, 4.69) is 27.4 Å². The molecular formula is C12H25ClN2O. The highest BCUT2D eigenvalue weighted by atomic mass is 35.5. The van der Waals surface area contributed by atoms with Crippen LogP contribution in [0.25, 0.3) is 0 Å². The van der Waals surface area contributed by atoms with Crippen molar-refractivity contribution in [3.8, 4) is 0 Å². The largest absolute Gasteiger partial charge is 1.00 e. The number of rotatable bonds is 7. The molecule has 0 radical (unpaired) electrons. The van der Waals surface area contributed by atoms with Crippen molar-refractivity contribution in [3.05, 3.63) is 12.7 Å². The van der Waals surface area contributed by atoms with Crippen LogP contribution in [-0.4, -0.2) is 35.6 Å². The Morgan fingerprint density at radius 2 is 1.62 bits per heavy atom. The summed E-state index contributed by atoms with van der Waals surface area (Å²) in [7, 11) is 0. The number of nitrogens with zero attached hydrogens (tertiary/aromatic N) is 1. The topological polar surface area (TPSA) is 43.1 Å². The number of carbonyl (C=O) groups excluding carboxylic acids is 1. The molecule has 0 fully saturated rings. The van der Waals surface area contributed by atoms with Crippen LogP contribution in [0, 0.1) is 0 Å². The maximum Gasteiger partial charge on any atom is 0.230 e. The van der Waals surface area contributed by atoms with Crippen LogP contribution in [-0.2, 0) is 4.79 Å². The molecule has 0 heterocycles. The van der Waals surface area contributed by atoms with Gasteiger partial charge >= 0.3 is 0 Å². The highest BCUT2D eigenvalue weighted by molar-refractivity contribution is 5.95. The molecule has 0 aromatic carbocycles. The van der Waals surface area contributed by atoms with Crippen LogP contribution in [0.2, 0.25) is 0 Å². The van der Waals surface area contributed by atoms with E-state index in [0.717, 1.165) is 19.6 Å². The lowest BCUT2D eigenvalue weighted by molar-refractivity contribution is -0.962. The minimum Gasteiger partial charge on any atom is -1.00 e. The molecule has 0 amide bonds. The molecule has 0 saturated heterocycles. The van der Waals surface area contributed by atoms with E-state index in [1.165, 1.54) is 6.08 Å². The molecule has 1 unspecified atom stereocenters. The van der Waals surface area contributed by atoms with Crippen LogP contribution in [0.4, 0.5) is 0 Å². The first-order chi connectivity index (χ1) is 6.97. The van der Waals surface area contributed by atoms with E-state index < -0.39 is 5.66 Å². The van der Waals surface area contributed by atoms with Gasteiger partial charge in [0.15, 0.2) is 0 Å². The Kier molecular flexibility index (Phi) is 7.93. The molecule has 0 saturated carbocycles. The zero-order valence-corrected chi connectivity index (χ0v) is 11.7. The number of hydrogen-bond donors (Lipinski definition) is 1. The molecule has 0 rings (SSSR count). The van der Waals surface area contributed by atoms with Gasteiger partial charge in [-0.25, -0.2) is 0 Å². The van der Waals surface area contributed by atoms with Gasteiger partial charge in [0.05, 0.1) is 19.6 Å². The number of hydrogen-bond acceptors (Lipinski definition) is 2. The van der Waals surface area contributed by atoms with Gasteiger partial charge in [0.25, 0.3) is 0 Å². The van der Waals surface area contributed by atoms with E-state index in [4.69, 9.17) is 5.73 Å². The van der Waals surface area contributed by atoms with Gasteiger partial charge < -0.3 is 16.9 Å². The molecule has 0 aromatic rings. The Labute approximate surface area is 106 Å². The first-order valence-electron chi connectivity index (χ1n) is 5.79. The third-order valence-electron chi connectivity index (χ3n) is 3.81. The highest BCUT2D eigenvalue weighted by Gasteiger charge is 2.48. The first-order valence-corrected chi connectivity index (χ1v) is 5.79. The van der Waals surface area contributed by atoms with Gasteiger partial charge in [0.1, 0.15) is 0 Å². The zero-order valence-electron chi connectivity index (χ0n) is 10.9. The third kappa shape index (κ3) is 2.65. The lowest BCUT2D eigenvalue weighted by atomic mass is 9.96. The lowest BCUT2D eigenvalue weighted by Gasteiger charge is -2.48. The van der Waals surface area contributed by atoms with Crippen LogP contribution in [0.3, 0.4) is 0 Å². The summed E-state index contributed by atoms with van der Waals surface area (Å²) < 4.78 is 0.633. The van der Waals surface area contributed by atoms with E-state index in [0.29, 0.717) is 10.9 Å². The normalized spacial score (nSPS) is 14.8. The van der Waals surface area contributed by atoms with Crippen LogP contribution >= 0.6 is 0 Å². The lowest BCUT2D eigenvalue weighted by Crippen LogP contribution is -3.00. The monoisotopic (exact) mass is 248 g/mol. The average Bonchev–Trinajstić information content (AvgIpc) is 2.30. The molecular weight excluding hydrogens is 224 g/mol. The van der Waals surface area contributed by atoms with Gasteiger partial charge in [-0.15, -0.1) is 0 Å². The number of ketones is 1. The van der Waals surface area contributed by atoms with E-state index in [1.54, 1.807) is 0 Å². The Balaban J connectivity index is 0. The summed E-state index contributed by atoms with van der Waals surface area (Å²) in [5, 5.41) is 0. The van der Waals surface area contributed by atoms with Crippen molar-refractivity contribution in [1.29, 1.82) is 0 Å². The maximum absolute atomic E-state index is 11.9. The van der Waals surface area contributed by atoms with Gasteiger partial charge in [-0.05, 0) is 26.8 Å². The molecule has 0 bridgehead atoms. The molecule has 0 aromatic heterocycles. The fourth-order valence-corrected chi connectivity index (χ4v) is 2.44. The van der Waals surface area contributed by atoms with E-state index in [9.17, 15) is 4.79 Å². The summed E-state index contributed by atoms with van der Waals surface area (Å²) in [5.41, 5.74) is 5.51. The van der Waals surface area contributed by atoms with E-state index in [-0.39, 0.29) is 18.2 Å². The number of halogens is 1. The summed E-state index contributed by atoms with van der Waals surface area (Å²) in [4.78, 5) is 11.9. The first kappa shape index (κ1) is 18.0. The molecule has 16 heavy (non-hydrogen) atoms. The van der Waals surface area contributed by atoms with E-state index >= 15 is 0 Å². The Morgan fingerprint density at radius 3 is 1.81 bits per heavy atom. The molecule has 96 valence electrons. The second kappa shape index (κ2) is 7.05. The standard InChI is InChI=1S/C12H25N2O.ClH/c1-6-11(15)12(13,7-2)14(8-3,9-4)10-5;/h6H,1,7-10,13H2,2-5H3;1H/q+1;/p-1. The number of nitrogens with two attached hydrogens (primary N) is 1. The van der Waals surface area contributed by atoms with Crippen LogP contribution in [0.15, 0.2) is 12.7 Å². The van der Waals surface area contributed by atoms with Crippen molar-refractivity contribution in [1.82, 2.24) is 0 Å². The second-order valence-electron chi connectivity index (χ2n) is 3.94. The van der Waals surface area contributed by atoms with Gasteiger partial charge in [-0.3, -0.25) is 10.5 Å². The molecule has 2 N–H and O–H groups in total. The highest BCUT2D eigenvalue weighted by Crippen LogP contribution is 2.25. The Morgan fingerprint density at radius 1 is 1.25 bits per heavy atom. The summed E-state index contributed by atoms with van der Waals surface area (Å²) in [6.45, 7) is 14.4. The summed E-state index contributed by atoms with van der Waals surface area (Å²) in [6.07, 6.45) is 2.00. The van der Waals surface area contributed by atoms with Gasteiger partial charge in [0, 0.05) is 6.42 Å². The molecule has 0 aliphatic rings. The molecule has 0 aliphatic heterocycles. The van der Waals surface area contributed by atoms with Crippen molar-refractivity contribution in [2.75, 3.05) is 19.6 Å². The number of carbonyl (C=O) groups is 1. The maximum atomic E-state index is 11.9. The summed E-state index contributed by atoms with van der Waals surface area (Å²) in [6, 6.07) is 0. The minimum absolute atomic E-state index is 0.